The van der Waals surface area contributed by atoms with Gasteiger partial charge < -0.3 is 19.5 Å². The van der Waals surface area contributed by atoms with Crippen molar-refractivity contribution >= 4 is 0 Å². The average molecular weight is 334 g/mol. The van der Waals surface area contributed by atoms with Crippen LogP contribution < -0.4 is 9.47 Å². The number of rotatable bonds is 8. The molecule has 0 bridgehead atoms. The summed E-state index contributed by atoms with van der Waals surface area (Å²) in [6, 6.07) is 6.48. The van der Waals surface area contributed by atoms with Gasteiger partial charge in [-0.3, -0.25) is 4.90 Å². The molecule has 134 valence electrons. The maximum atomic E-state index is 9.46. The zero-order chi connectivity index (χ0) is 16.9. The van der Waals surface area contributed by atoms with Crippen molar-refractivity contribution in [1.29, 1.82) is 0 Å². The SMILES string of the molecule is COc1cc(CN2CCN(CC3CC3)C[C@@H]2CCO)cc(OC)c1. The molecule has 1 aromatic rings. The fourth-order valence-electron chi connectivity index (χ4n) is 3.61. The molecule has 3 rings (SSSR count). The van der Waals surface area contributed by atoms with Crippen LogP contribution in [0.2, 0.25) is 0 Å². The Morgan fingerprint density at radius 2 is 1.79 bits per heavy atom. The first-order valence-corrected chi connectivity index (χ1v) is 9.01. The van der Waals surface area contributed by atoms with Crippen molar-refractivity contribution in [2.24, 2.45) is 5.92 Å². The van der Waals surface area contributed by atoms with Crippen LogP contribution in [0.5, 0.6) is 11.5 Å². The van der Waals surface area contributed by atoms with E-state index < -0.39 is 0 Å². The molecule has 1 aromatic carbocycles. The van der Waals surface area contributed by atoms with Crippen LogP contribution >= 0.6 is 0 Å². The average Bonchev–Trinajstić information content (AvgIpc) is 3.41. The van der Waals surface area contributed by atoms with E-state index in [1.54, 1.807) is 14.2 Å². The summed E-state index contributed by atoms with van der Waals surface area (Å²) in [5.74, 6) is 2.58. The lowest BCUT2D eigenvalue weighted by Crippen LogP contribution is -2.53. The van der Waals surface area contributed by atoms with Gasteiger partial charge in [-0.25, -0.2) is 0 Å². The summed E-state index contributed by atoms with van der Waals surface area (Å²) in [7, 11) is 3.37. The van der Waals surface area contributed by atoms with Crippen LogP contribution in [0.3, 0.4) is 0 Å². The van der Waals surface area contributed by atoms with E-state index in [1.807, 2.05) is 6.07 Å². The molecule has 0 radical (unpaired) electrons. The van der Waals surface area contributed by atoms with Gasteiger partial charge >= 0.3 is 0 Å². The van der Waals surface area contributed by atoms with Gasteiger partial charge in [-0.1, -0.05) is 0 Å². The minimum atomic E-state index is 0.250. The molecule has 2 aliphatic rings. The zero-order valence-corrected chi connectivity index (χ0v) is 14.9. The maximum absolute atomic E-state index is 9.46. The van der Waals surface area contributed by atoms with Gasteiger partial charge in [0.25, 0.3) is 0 Å². The van der Waals surface area contributed by atoms with Crippen LogP contribution in [0.4, 0.5) is 0 Å². The number of methoxy groups -OCH3 is 2. The number of hydrogen-bond donors (Lipinski definition) is 1. The first kappa shape index (κ1) is 17.5. The second-order valence-electron chi connectivity index (χ2n) is 7.06. The van der Waals surface area contributed by atoms with E-state index in [4.69, 9.17) is 9.47 Å². The Balaban J connectivity index is 1.66. The highest BCUT2D eigenvalue weighted by molar-refractivity contribution is 5.38. The van der Waals surface area contributed by atoms with E-state index in [9.17, 15) is 5.11 Å². The van der Waals surface area contributed by atoms with Gasteiger partial charge in [0, 0.05) is 51.4 Å². The van der Waals surface area contributed by atoms with Crippen LogP contribution in [0.25, 0.3) is 0 Å². The Hall–Kier alpha value is -1.30. The third kappa shape index (κ3) is 4.62. The highest BCUT2D eigenvalue weighted by Gasteiger charge is 2.30. The van der Waals surface area contributed by atoms with E-state index in [-0.39, 0.29) is 6.61 Å². The predicted molar refractivity (Wildman–Crippen MR) is 94.6 cm³/mol. The van der Waals surface area contributed by atoms with E-state index in [0.29, 0.717) is 6.04 Å². The molecule has 2 fully saturated rings. The molecule has 5 heteroatoms. The first-order valence-electron chi connectivity index (χ1n) is 9.01. The van der Waals surface area contributed by atoms with Crippen molar-refractivity contribution in [3.8, 4) is 11.5 Å². The number of piperazine rings is 1. The number of aliphatic hydroxyl groups excluding tert-OH is 1. The highest BCUT2D eigenvalue weighted by atomic mass is 16.5. The minimum Gasteiger partial charge on any atom is -0.497 e. The van der Waals surface area contributed by atoms with Gasteiger partial charge in [0.1, 0.15) is 11.5 Å². The van der Waals surface area contributed by atoms with Crippen LogP contribution in [0.15, 0.2) is 18.2 Å². The van der Waals surface area contributed by atoms with Crippen molar-refractivity contribution in [3.05, 3.63) is 23.8 Å². The van der Waals surface area contributed by atoms with Crippen molar-refractivity contribution in [3.63, 3.8) is 0 Å². The Kier molecular flexibility index (Phi) is 5.98. The third-order valence-electron chi connectivity index (χ3n) is 5.16. The molecule has 1 aliphatic carbocycles. The first-order chi connectivity index (χ1) is 11.7. The normalized spacial score (nSPS) is 22.5. The molecule has 1 aliphatic heterocycles. The Morgan fingerprint density at radius 1 is 1.08 bits per heavy atom. The van der Waals surface area contributed by atoms with E-state index in [1.165, 1.54) is 24.9 Å². The van der Waals surface area contributed by atoms with Crippen LogP contribution in [0.1, 0.15) is 24.8 Å². The summed E-state index contributed by atoms with van der Waals surface area (Å²) in [5, 5.41) is 9.46. The monoisotopic (exact) mass is 334 g/mol. The van der Waals surface area contributed by atoms with Crippen LogP contribution in [-0.2, 0) is 6.54 Å². The van der Waals surface area contributed by atoms with Crippen molar-refractivity contribution < 1.29 is 14.6 Å². The minimum absolute atomic E-state index is 0.250. The maximum Gasteiger partial charge on any atom is 0.122 e. The molecule has 0 aromatic heterocycles. The second kappa shape index (κ2) is 8.19. The van der Waals surface area contributed by atoms with Gasteiger partial charge in [-0.15, -0.1) is 0 Å². The lowest BCUT2D eigenvalue weighted by molar-refractivity contribution is 0.0515. The molecule has 0 unspecified atom stereocenters. The van der Waals surface area contributed by atoms with Gasteiger partial charge in [0.15, 0.2) is 0 Å². The molecule has 5 nitrogen and oxygen atoms in total. The Morgan fingerprint density at radius 3 is 2.38 bits per heavy atom. The predicted octanol–water partition coefficient (Wildman–Crippen LogP) is 1.98. The lowest BCUT2D eigenvalue weighted by atomic mass is 10.1. The van der Waals surface area contributed by atoms with E-state index in [0.717, 1.165) is 50.0 Å². The topological polar surface area (TPSA) is 45.2 Å². The molecule has 1 heterocycles. The largest absolute Gasteiger partial charge is 0.497 e. The fourth-order valence-corrected chi connectivity index (χ4v) is 3.61. The molecule has 24 heavy (non-hydrogen) atoms. The summed E-state index contributed by atoms with van der Waals surface area (Å²) in [6.45, 7) is 5.60. The number of hydrogen-bond acceptors (Lipinski definition) is 5. The highest BCUT2D eigenvalue weighted by Crippen LogP contribution is 2.31. The fraction of sp³-hybridized carbons (Fsp3) is 0.684. The molecular weight excluding hydrogens is 304 g/mol. The van der Waals surface area contributed by atoms with Crippen molar-refractivity contribution in [2.45, 2.75) is 31.8 Å². The number of benzene rings is 1. The van der Waals surface area contributed by atoms with Gasteiger partial charge in [0.2, 0.25) is 0 Å². The van der Waals surface area contributed by atoms with E-state index in [2.05, 4.69) is 21.9 Å². The molecule has 0 amide bonds. The standard InChI is InChI=1S/C19H30N2O3/c1-23-18-9-16(10-19(11-18)24-2)13-21-7-6-20(12-15-3-4-15)14-17(21)5-8-22/h9-11,15,17,22H,3-8,12-14H2,1-2H3/t17-/m0/s1. The number of nitrogens with zero attached hydrogens (tertiary/aromatic N) is 2. The zero-order valence-electron chi connectivity index (χ0n) is 14.9. The van der Waals surface area contributed by atoms with Gasteiger partial charge in [-0.05, 0) is 42.9 Å². The molecule has 1 atom stereocenters. The second-order valence-corrected chi connectivity index (χ2v) is 7.06. The lowest BCUT2D eigenvalue weighted by Gasteiger charge is -2.41. The number of ether oxygens (including phenoxy) is 2. The summed E-state index contributed by atoms with van der Waals surface area (Å²) < 4.78 is 10.8. The quantitative estimate of drug-likeness (QED) is 0.788. The number of aliphatic hydroxyl groups is 1. The van der Waals surface area contributed by atoms with Crippen LogP contribution in [-0.4, -0.2) is 68.0 Å². The van der Waals surface area contributed by atoms with Gasteiger partial charge in [0.05, 0.1) is 14.2 Å². The summed E-state index contributed by atoms with van der Waals surface area (Å²) >= 11 is 0. The van der Waals surface area contributed by atoms with Crippen molar-refractivity contribution in [2.75, 3.05) is 47.0 Å². The Bertz CT molecular complexity index is 511. The molecule has 1 saturated heterocycles. The summed E-state index contributed by atoms with van der Waals surface area (Å²) in [4.78, 5) is 5.08. The Labute approximate surface area is 145 Å². The molecule has 1 saturated carbocycles. The smallest absolute Gasteiger partial charge is 0.122 e. The van der Waals surface area contributed by atoms with E-state index >= 15 is 0 Å². The van der Waals surface area contributed by atoms with Gasteiger partial charge in [-0.2, -0.15) is 0 Å². The van der Waals surface area contributed by atoms with Crippen LogP contribution in [0, 0.1) is 5.92 Å². The van der Waals surface area contributed by atoms with Crippen molar-refractivity contribution in [1.82, 2.24) is 9.80 Å². The summed E-state index contributed by atoms with van der Waals surface area (Å²) in [6.07, 6.45) is 3.63. The molecule has 1 N–H and O–H groups in total. The molecular formula is C19H30N2O3. The third-order valence-corrected chi connectivity index (χ3v) is 5.16. The summed E-state index contributed by atoms with van der Waals surface area (Å²) in [5.41, 5.74) is 1.20. The molecule has 0 spiro atoms.